The molecule has 1 amide bonds. The lowest BCUT2D eigenvalue weighted by Gasteiger charge is -2.31. The number of hydrogen-bond acceptors (Lipinski definition) is 3. The van der Waals surface area contributed by atoms with E-state index in [1.807, 2.05) is 20.8 Å². The van der Waals surface area contributed by atoms with Crippen LogP contribution in [0, 0.1) is 5.92 Å². The lowest BCUT2D eigenvalue weighted by atomic mass is 10.0. The lowest BCUT2D eigenvalue weighted by molar-refractivity contribution is 0.0304. The Hall–Kier alpha value is -1.46. The van der Waals surface area contributed by atoms with Crippen molar-refractivity contribution in [2.45, 2.75) is 46.1 Å². The Bertz CT molecular complexity index is 376. The van der Waals surface area contributed by atoms with Crippen molar-refractivity contribution in [1.82, 2.24) is 9.80 Å². The van der Waals surface area contributed by atoms with Gasteiger partial charge in [-0.25, -0.2) is 4.79 Å². The zero-order valence-corrected chi connectivity index (χ0v) is 14.1. The highest BCUT2D eigenvalue weighted by Crippen LogP contribution is 2.14. The molecule has 6 nitrogen and oxygen atoms in total. The number of amides is 1. The maximum Gasteiger partial charge on any atom is 0.410 e. The Morgan fingerprint density at radius 3 is 2.71 bits per heavy atom. The first-order valence-corrected chi connectivity index (χ1v) is 7.68. The molecule has 0 radical (unpaired) electrons. The number of carbonyl (C=O) groups is 1. The van der Waals surface area contributed by atoms with Crippen LogP contribution in [0.25, 0.3) is 0 Å². The lowest BCUT2D eigenvalue weighted by Crippen LogP contribution is -2.44. The molecule has 1 unspecified atom stereocenters. The maximum atomic E-state index is 11.8. The number of hydrogen-bond donors (Lipinski definition) is 1. The van der Waals surface area contributed by atoms with Gasteiger partial charge in [-0.1, -0.05) is 6.92 Å². The van der Waals surface area contributed by atoms with Crippen molar-refractivity contribution < 1.29 is 9.53 Å². The van der Waals surface area contributed by atoms with Crippen LogP contribution in [0.2, 0.25) is 0 Å². The van der Waals surface area contributed by atoms with E-state index in [-0.39, 0.29) is 6.09 Å². The number of nitrogens with two attached hydrogens (primary N) is 1. The highest BCUT2D eigenvalue weighted by molar-refractivity contribution is 5.78. The number of guanidine groups is 1. The number of likely N-dealkylation sites (tertiary alicyclic amines) is 1. The first kappa shape index (κ1) is 17.6. The number of piperidine rings is 1. The number of rotatable bonds is 3. The summed E-state index contributed by atoms with van der Waals surface area (Å²) in [5.74, 6) is 1.25. The predicted octanol–water partition coefficient (Wildman–Crippen LogP) is 1.90. The van der Waals surface area contributed by atoms with Gasteiger partial charge in [-0.2, -0.15) is 0 Å². The van der Waals surface area contributed by atoms with Crippen molar-refractivity contribution in [3.05, 3.63) is 0 Å². The van der Waals surface area contributed by atoms with E-state index in [4.69, 9.17) is 10.5 Å². The number of nitrogens with zero attached hydrogens (tertiary/aromatic N) is 3. The molecule has 2 N–H and O–H groups in total. The molecule has 6 heteroatoms. The topological polar surface area (TPSA) is 71.2 Å². The fourth-order valence-corrected chi connectivity index (χ4v) is 2.24. The molecule has 21 heavy (non-hydrogen) atoms. The largest absolute Gasteiger partial charge is 0.444 e. The molecular formula is C15H30N4O2. The van der Waals surface area contributed by atoms with Gasteiger partial charge in [-0.15, -0.1) is 0 Å². The summed E-state index contributed by atoms with van der Waals surface area (Å²) in [4.78, 5) is 19.8. The third-order valence-corrected chi connectivity index (χ3v) is 3.40. The molecule has 0 aromatic carbocycles. The molecule has 0 aliphatic carbocycles. The van der Waals surface area contributed by atoms with Crippen molar-refractivity contribution in [3.8, 4) is 0 Å². The summed E-state index contributed by atoms with van der Waals surface area (Å²) in [5.41, 5.74) is 5.54. The minimum Gasteiger partial charge on any atom is -0.444 e. The number of ether oxygens (including phenoxy) is 1. The van der Waals surface area contributed by atoms with Gasteiger partial charge in [0.25, 0.3) is 0 Å². The zero-order valence-electron chi connectivity index (χ0n) is 14.1. The minimum absolute atomic E-state index is 0.331. The molecule has 0 bridgehead atoms. The van der Waals surface area contributed by atoms with E-state index in [0.717, 1.165) is 19.5 Å². The minimum atomic E-state index is -0.475. The van der Waals surface area contributed by atoms with Crippen LogP contribution in [-0.4, -0.2) is 60.7 Å². The molecule has 1 atom stereocenters. The molecule has 1 aliphatic heterocycles. The molecule has 0 saturated carbocycles. The first-order valence-electron chi connectivity index (χ1n) is 7.68. The van der Waals surface area contributed by atoms with E-state index in [2.05, 4.69) is 16.8 Å². The highest BCUT2D eigenvalue weighted by Gasteiger charge is 2.20. The van der Waals surface area contributed by atoms with Crippen LogP contribution >= 0.6 is 0 Å². The number of carbonyl (C=O) groups excluding carboxylic acids is 1. The molecule has 0 aromatic rings. The predicted molar refractivity (Wildman–Crippen MR) is 85.3 cm³/mol. The monoisotopic (exact) mass is 298 g/mol. The van der Waals surface area contributed by atoms with Crippen molar-refractivity contribution in [1.29, 1.82) is 0 Å². The summed E-state index contributed by atoms with van der Waals surface area (Å²) in [7, 11) is 1.71. The van der Waals surface area contributed by atoms with Gasteiger partial charge in [0, 0.05) is 26.7 Å². The Morgan fingerprint density at radius 1 is 1.48 bits per heavy atom. The van der Waals surface area contributed by atoms with Gasteiger partial charge >= 0.3 is 6.09 Å². The standard InChI is InChI=1S/C15H30N4O2/c1-12-7-6-9-19(11-12)13(16)17-8-10-18(5)14(20)21-15(2,3)4/h12H,6-11H2,1-5H3,(H2,16,17). The normalized spacial score (nSPS) is 20.3. The molecule has 1 saturated heterocycles. The molecule has 1 fully saturated rings. The van der Waals surface area contributed by atoms with Crippen LogP contribution in [0.3, 0.4) is 0 Å². The molecule has 1 heterocycles. The SMILES string of the molecule is CC1CCCN(C(N)=NCCN(C)C(=O)OC(C)(C)C)C1. The third kappa shape index (κ3) is 6.69. The molecule has 1 aliphatic rings. The summed E-state index contributed by atoms with van der Waals surface area (Å²) in [5, 5.41) is 0. The Balaban J connectivity index is 2.37. The second-order valence-electron chi connectivity index (χ2n) is 6.84. The fourth-order valence-electron chi connectivity index (χ4n) is 2.24. The van der Waals surface area contributed by atoms with Gasteiger partial charge in [0.15, 0.2) is 5.96 Å². The van der Waals surface area contributed by atoms with E-state index in [1.165, 1.54) is 11.3 Å². The van der Waals surface area contributed by atoms with E-state index < -0.39 is 5.60 Å². The van der Waals surface area contributed by atoms with Gasteiger partial charge < -0.3 is 20.3 Å². The van der Waals surface area contributed by atoms with Gasteiger partial charge in [-0.05, 0) is 39.5 Å². The zero-order chi connectivity index (χ0) is 16.0. The molecule has 122 valence electrons. The van der Waals surface area contributed by atoms with Crippen LogP contribution in [0.5, 0.6) is 0 Å². The van der Waals surface area contributed by atoms with Crippen molar-refractivity contribution in [3.63, 3.8) is 0 Å². The van der Waals surface area contributed by atoms with Crippen molar-refractivity contribution >= 4 is 12.1 Å². The summed E-state index contributed by atoms with van der Waals surface area (Å²) in [6.07, 6.45) is 2.09. The second-order valence-corrected chi connectivity index (χ2v) is 6.84. The quantitative estimate of drug-likeness (QED) is 0.638. The van der Waals surface area contributed by atoms with Crippen molar-refractivity contribution in [2.75, 3.05) is 33.2 Å². The van der Waals surface area contributed by atoms with E-state index in [1.54, 1.807) is 7.05 Å². The molecule has 0 aromatic heterocycles. The number of likely N-dealkylation sites (N-methyl/N-ethyl adjacent to an activating group) is 1. The summed E-state index contributed by atoms with van der Waals surface area (Å²) < 4.78 is 5.28. The van der Waals surface area contributed by atoms with Gasteiger partial charge in [-0.3, -0.25) is 4.99 Å². The van der Waals surface area contributed by atoms with E-state index >= 15 is 0 Å². The smallest absolute Gasteiger partial charge is 0.410 e. The third-order valence-electron chi connectivity index (χ3n) is 3.40. The average molecular weight is 298 g/mol. The first-order chi connectivity index (χ1) is 9.69. The molecular weight excluding hydrogens is 268 g/mol. The Morgan fingerprint density at radius 2 is 2.14 bits per heavy atom. The van der Waals surface area contributed by atoms with Gasteiger partial charge in [0.05, 0.1) is 6.54 Å². The van der Waals surface area contributed by atoms with Crippen LogP contribution in [-0.2, 0) is 4.74 Å². The summed E-state index contributed by atoms with van der Waals surface area (Å²) in [6.45, 7) is 10.7. The Labute approximate surface area is 128 Å². The van der Waals surface area contributed by atoms with Crippen LogP contribution in [0.1, 0.15) is 40.5 Å². The van der Waals surface area contributed by atoms with Crippen LogP contribution in [0.15, 0.2) is 4.99 Å². The fraction of sp³-hybridized carbons (Fsp3) is 0.867. The van der Waals surface area contributed by atoms with Gasteiger partial charge in [0.1, 0.15) is 5.60 Å². The molecule has 0 spiro atoms. The van der Waals surface area contributed by atoms with Crippen molar-refractivity contribution in [2.24, 2.45) is 16.6 Å². The van der Waals surface area contributed by atoms with E-state index in [0.29, 0.717) is 25.0 Å². The number of aliphatic imine (C=N–C) groups is 1. The average Bonchev–Trinajstić information content (AvgIpc) is 2.36. The Kier molecular flexibility index (Phi) is 6.30. The summed E-state index contributed by atoms with van der Waals surface area (Å²) >= 11 is 0. The highest BCUT2D eigenvalue weighted by atomic mass is 16.6. The van der Waals surface area contributed by atoms with Gasteiger partial charge in [0.2, 0.25) is 0 Å². The van der Waals surface area contributed by atoms with Crippen LogP contribution < -0.4 is 5.73 Å². The second kappa shape index (κ2) is 7.52. The van der Waals surface area contributed by atoms with E-state index in [9.17, 15) is 4.79 Å². The summed E-state index contributed by atoms with van der Waals surface area (Å²) in [6, 6.07) is 0. The maximum absolute atomic E-state index is 11.8. The molecule has 1 rings (SSSR count). The van der Waals surface area contributed by atoms with Crippen LogP contribution in [0.4, 0.5) is 4.79 Å².